The Labute approximate surface area is 119 Å². The number of benzene rings is 1. The smallest absolute Gasteiger partial charge is 0.316 e. The molecule has 0 spiro atoms. The van der Waals surface area contributed by atoms with E-state index in [-0.39, 0.29) is 12.8 Å². The molecule has 0 aliphatic heterocycles. The first-order valence-corrected chi connectivity index (χ1v) is 6.51. The summed E-state index contributed by atoms with van der Waals surface area (Å²) in [6.07, 6.45) is -10.1. The maximum atomic E-state index is 12.6. The number of alkyl halides is 6. The largest absolute Gasteiger partial charge is 0.401 e. The average Bonchev–Trinajstić information content (AvgIpc) is 2.35. The second-order valence-electron chi connectivity index (χ2n) is 4.83. The molecular formula is C14H17F6N. The van der Waals surface area contributed by atoms with Gasteiger partial charge in [-0.05, 0) is 31.9 Å². The number of rotatable bonds is 6. The summed E-state index contributed by atoms with van der Waals surface area (Å²) in [5, 5.41) is 2.16. The molecule has 1 rings (SSSR count). The van der Waals surface area contributed by atoms with E-state index in [1.807, 2.05) is 0 Å². The van der Waals surface area contributed by atoms with E-state index in [4.69, 9.17) is 0 Å². The predicted octanol–water partition coefficient (Wildman–Crippen LogP) is 4.34. The molecule has 0 aliphatic rings. The van der Waals surface area contributed by atoms with E-state index in [1.54, 1.807) is 30.3 Å². The molecule has 0 amide bonds. The Kier molecular flexibility index (Phi) is 6.07. The molecule has 0 fully saturated rings. The number of hydrogen-bond acceptors (Lipinski definition) is 1. The molecule has 0 aliphatic carbocycles. The van der Waals surface area contributed by atoms with Crippen molar-refractivity contribution in [2.75, 3.05) is 7.05 Å². The third-order valence-corrected chi connectivity index (χ3v) is 3.30. The Morgan fingerprint density at radius 1 is 0.952 bits per heavy atom. The fourth-order valence-corrected chi connectivity index (χ4v) is 2.29. The Balaban J connectivity index is 2.68. The van der Waals surface area contributed by atoms with Crippen molar-refractivity contribution in [3.8, 4) is 0 Å². The van der Waals surface area contributed by atoms with Gasteiger partial charge in [0.1, 0.15) is 0 Å². The number of nitrogens with one attached hydrogen (secondary N) is 1. The van der Waals surface area contributed by atoms with Crippen molar-refractivity contribution >= 4 is 0 Å². The van der Waals surface area contributed by atoms with Gasteiger partial charge in [0.15, 0.2) is 5.92 Å². The van der Waals surface area contributed by atoms with Crippen molar-refractivity contribution in [3.63, 3.8) is 0 Å². The van der Waals surface area contributed by atoms with Gasteiger partial charge in [-0.15, -0.1) is 0 Å². The number of halogens is 6. The summed E-state index contributed by atoms with van der Waals surface area (Å²) < 4.78 is 75.9. The first-order chi connectivity index (χ1) is 9.66. The lowest BCUT2D eigenvalue weighted by Gasteiger charge is -2.30. The van der Waals surface area contributed by atoms with Crippen LogP contribution in [0.5, 0.6) is 0 Å². The van der Waals surface area contributed by atoms with Gasteiger partial charge in [-0.2, -0.15) is 26.3 Å². The topological polar surface area (TPSA) is 12.0 Å². The summed E-state index contributed by atoms with van der Waals surface area (Å²) >= 11 is 0. The maximum Gasteiger partial charge on any atom is 0.401 e. The van der Waals surface area contributed by atoms with Crippen LogP contribution in [0, 0.1) is 5.92 Å². The fraction of sp³-hybridized carbons (Fsp3) is 0.571. The summed E-state index contributed by atoms with van der Waals surface area (Å²) in [7, 11) is 1.12. The summed E-state index contributed by atoms with van der Waals surface area (Å²) in [4.78, 5) is 0. The van der Waals surface area contributed by atoms with Crippen LogP contribution >= 0.6 is 0 Å². The molecule has 1 unspecified atom stereocenters. The molecule has 1 aromatic rings. The first kappa shape index (κ1) is 17.8. The summed E-state index contributed by atoms with van der Waals surface area (Å²) in [6.45, 7) is 0. The second kappa shape index (κ2) is 7.15. The molecule has 1 atom stereocenters. The van der Waals surface area contributed by atoms with Crippen molar-refractivity contribution < 1.29 is 26.3 Å². The number of hydrogen-bond donors (Lipinski definition) is 1. The van der Waals surface area contributed by atoms with E-state index in [9.17, 15) is 26.3 Å². The average molecular weight is 313 g/mol. The molecule has 1 aromatic carbocycles. The lowest BCUT2D eigenvalue weighted by molar-refractivity contribution is -0.291. The van der Waals surface area contributed by atoms with Crippen LogP contribution in [-0.4, -0.2) is 25.4 Å². The molecule has 0 aromatic heterocycles. The van der Waals surface area contributed by atoms with Gasteiger partial charge in [0.25, 0.3) is 0 Å². The third kappa shape index (κ3) is 5.57. The molecule has 0 heterocycles. The monoisotopic (exact) mass is 313 g/mol. The Bertz CT molecular complexity index is 398. The molecule has 120 valence electrons. The van der Waals surface area contributed by atoms with Gasteiger partial charge in [-0.25, -0.2) is 0 Å². The molecule has 1 nitrogen and oxygen atoms in total. The highest BCUT2D eigenvalue weighted by Crippen LogP contribution is 2.42. The molecule has 0 radical (unpaired) electrons. The van der Waals surface area contributed by atoms with Crippen LogP contribution in [0.3, 0.4) is 0 Å². The molecule has 7 heteroatoms. The van der Waals surface area contributed by atoms with Gasteiger partial charge in [-0.3, -0.25) is 0 Å². The van der Waals surface area contributed by atoms with Gasteiger partial charge >= 0.3 is 12.4 Å². The van der Waals surface area contributed by atoms with E-state index >= 15 is 0 Å². The SMILES string of the molecule is CNC(CCCc1ccccc1)C(C(F)(F)F)C(F)(F)F. The second-order valence-corrected chi connectivity index (χ2v) is 4.83. The van der Waals surface area contributed by atoms with Crippen molar-refractivity contribution in [2.24, 2.45) is 5.92 Å². The van der Waals surface area contributed by atoms with Gasteiger partial charge in [0.2, 0.25) is 0 Å². The third-order valence-electron chi connectivity index (χ3n) is 3.30. The zero-order valence-electron chi connectivity index (χ0n) is 11.4. The normalized spacial score (nSPS) is 14.5. The summed E-state index contributed by atoms with van der Waals surface area (Å²) in [6, 6.07) is 7.26. The fourth-order valence-electron chi connectivity index (χ4n) is 2.29. The Morgan fingerprint density at radius 3 is 1.90 bits per heavy atom. The van der Waals surface area contributed by atoms with E-state index in [1.165, 1.54) is 0 Å². The van der Waals surface area contributed by atoms with E-state index in [0.29, 0.717) is 6.42 Å². The molecule has 1 N–H and O–H groups in total. The lowest BCUT2D eigenvalue weighted by atomic mass is 9.93. The zero-order valence-corrected chi connectivity index (χ0v) is 11.4. The minimum atomic E-state index is -5.31. The molecule has 0 bridgehead atoms. The van der Waals surface area contributed by atoms with Crippen LogP contribution in [0.4, 0.5) is 26.3 Å². The van der Waals surface area contributed by atoms with Crippen molar-refractivity contribution in [1.82, 2.24) is 5.32 Å². The van der Waals surface area contributed by atoms with E-state index in [2.05, 4.69) is 5.32 Å². The van der Waals surface area contributed by atoms with Crippen molar-refractivity contribution in [1.29, 1.82) is 0 Å². The summed E-state index contributed by atoms with van der Waals surface area (Å²) in [5.74, 6) is -3.34. The molecule has 0 saturated heterocycles. The highest BCUT2D eigenvalue weighted by molar-refractivity contribution is 5.14. The van der Waals surface area contributed by atoms with Crippen LogP contribution in [0.15, 0.2) is 30.3 Å². The Hall–Kier alpha value is -1.24. The highest BCUT2D eigenvalue weighted by atomic mass is 19.4. The first-order valence-electron chi connectivity index (χ1n) is 6.51. The van der Waals surface area contributed by atoms with Crippen molar-refractivity contribution in [3.05, 3.63) is 35.9 Å². The minimum Gasteiger partial charge on any atom is -0.316 e. The highest BCUT2D eigenvalue weighted by Gasteiger charge is 2.59. The van der Waals surface area contributed by atoms with E-state index in [0.717, 1.165) is 12.6 Å². The minimum absolute atomic E-state index is 0.199. The molecule has 0 saturated carbocycles. The Morgan fingerprint density at radius 2 is 1.48 bits per heavy atom. The standard InChI is InChI=1S/C14H17F6N/c1-21-11(12(13(15,16)17)14(18,19)20)9-5-8-10-6-3-2-4-7-10/h2-4,6-7,11-12,21H,5,8-9H2,1H3. The van der Waals surface area contributed by atoms with Gasteiger partial charge < -0.3 is 5.32 Å². The molecule has 21 heavy (non-hydrogen) atoms. The van der Waals surface area contributed by atoms with Gasteiger partial charge in [0.05, 0.1) is 0 Å². The van der Waals surface area contributed by atoms with Crippen molar-refractivity contribution in [2.45, 2.75) is 37.7 Å². The molecular weight excluding hydrogens is 296 g/mol. The van der Waals surface area contributed by atoms with Crippen LogP contribution in [0.1, 0.15) is 18.4 Å². The lowest BCUT2D eigenvalue weighted by Crippen LogP contribution is -2.50. The predicted molar refractivity (Wildman–Crippen MR) is 67.8 cm³/mol. The van der Waals surface area contributed by atoms with Gasteiger partial charge in [-0.1, -0.05) is 30.3 Å². The van der Waals surface area contributed by atoms with Crippen LogP contribution in [-0.2, 0) is 6.42 Å². The van der Waals surface area contributed by atoms with Gasteiger partial charge in [0, 0.05) is 6.04 Å². The quantitative estimate of drug-likeness (QED) is 0.771. The van der Waals surface area contributed by atoms with Crippen LogP contribution in [0.2, 0.25) is 0 Å². The van der Waals surface area contributed by atoms with Crippen LogP contribution in [0.25, 0.3) is 0 Å². The zero-order chi connectivity index (χ0) is 16.1. The van der Waals surface area contributed by atoms with E-state index < -0.39 is 24.3 Å². The number of aryl methyl sites for hydroxylation is 1. The van der Waals surface area contributed by atoms with Crippen LogP contribution < -0.4 is 5.32 Å². The summed E-state index contributed by atoms with van der Waals surface area (Å²) in [5.41, 5.74) is 0.892. The maximum absolute atomic E-state index is 12.6.